The molecule has 0 spiro atoms. The molecule has 1 saturated carbocycles. The highest BCUT2D eigenvalue weighted by Crippen LogP contribution is 2.41. The summed E-state index contributed by atoms with van der Waals surface area (Å²) in [7, 11) is 0. The Bertz CT molecular complexity index is 1470. The van der Waals surface area contributed by atoms with Crippen LogP contribution in [0, 0.1) is 0 Å². The molecule has 38 heavy (non-hydrogen) atoms. The smallest absolute Gasteiger partial charge is 0.260 e. The fourth-order valence-electron chi connectivity index (χ4n) is 4.42. The van der Waals surface area contributed by atoms with Crippen LogP contribution in [0.2, 0.25) is 5.02 Å². The maximum atomic E-state index is 12.5. The van der Waals surface area contributed by atoms with Crippen LogP contribution < -0.4 is 14.8 Å². The van der Waals surface area contributed by atoms with Gasteiger partial charge in [0, 0.05) is 38.4 Å². The molecule has 1 N–H and O–H groups in total. The zero-order valence-corrected chi connectivity index (χ0v) is 21.8. The fraction of sp³-hybridized carbons (Fsp3) is 0.370. The Morgan fingerprint density at radius 2 is 1.92 bits per heavy atom. The largest absolute Gasteiger partial charge is 0.470 e. The standard InChI is InChI=1S/C27H28ClN7O3/c1-27(7-8-27)38-26-23-25(31-17-32-26)35(15-18-5-3-2-4-6-18)24(33-23)19-14-30-21(13-20(19)28)37-16-22(36)34-11-9-29-10-12-34/h2-6,13-14,17,29H,7-12,15-16H2,1H3. The third-order valence-electron chi connectivity index (χ3n) is 6.86. The Morgan fingerprint density at radius 3 is 2.66 bits per heavy atom. The van der Waals surface area contributed by atoms with E-state index in [9.17, 15) is 4.79 Å². The van der Waals surface area contributed by atoms with E-state index in [1.807, 2.05) is 34.9 Å². The second-order valence-corrected chi connectivity index (χ2v) is 10.2. The van der Waals surface area contributed by atoms with Gasteiger partial charge in [-0.1, -0.05) is 41.9 Å². The number of imidazole rings is 1. The maximum Gasteiger partial charge on any atom is 0.260 e. The van der Waals surface area contributed by atoms with Crippen molar-refractivity contribution in [2.45, 2.75) is 31.9 Å². The van der Waals surface area contributed by atoms with E-state index in [0.29, 0.717) is 53.1 Å². The van der Waals surface area contributed by atoms with E-state index in [1.165, 1.54) is 6.33 Å². The molecule has 2 aliphatic rings. The molecule has 1 aromatic carbocycles. The van der Waals surface area contributed by atoms with Gasteiger partial charge in [0.1, 0.15) is 17.8 Å². The first kappa shape index (κ1) is 24.6. The molecule has 3 aromatic heterocycles. The molecule has 1 amide bonds. The number of benzene rings is 1. The van der Waals surface area contributed by atoms with Crippen molar-refractivity contribution in [3.8, 4) is 23.1 Å². The summed E-state index contributed by atoms with van der Waals surface area (Å²) in [6, 6.07) is 11.7. The Kier molecular flexibility index (Phi) is 6.59. The molecule has 4 heterocycles. The SMILES string of the molecule is CC1(Oc2ncnc3c2nc(-c2cnc(OCC(=O)N4CCNCC4)cc2Cl)n3Cc2ccccc2)CC1. The van der Waals surface area contributed by atoms with Gasteiger partial charge >= 0.3 is 0 Å². The van der Waals surface area contributed by atoms with Gasteiger partial charge in [0.05, 0.1) is 17.1 Å². The Hall–Kier alpha value is -3.76. The molecule has 2 fully saturated rings. The minimum atomic E-state index is -0.217. The van der Waals surface area contributed by atoms with Crippen molar-refractivity contribution < 1.29 is 14.3 Å². The van der Waals surface area contributed by atoms with Gasteiger partial charge in [0.2, 0.25) is 11.8 Å². The summed E-state index contributed by atoms with van der Waals surface area (Å²) in [5, 5.41) is 3.63. The number of ether oxygens (including phenoxy) is 2. The third kappa shape index (κ3) is 5.14. The van der Waals surface area contributed by atoms with E-state index in [2.05, 4.69) is 27.2 Å². The molecular weight excluding hydrogens is 506 g/mol. The first-order valence-electron chi connectivity index (χ1n) is 12.7. The average molecular weight is 534 g/mol. The van der Waals surface area contributed by atoms with Crippen LogP contribution in [-0.2, 0) is 11.3 Å². The number of nitrogens with one attached hydrogen (secondary N) is 1. The highest BCUT2D eigenvalue weighted by atomic mass is 35.5. The molecule has 0 atom stereocenters. The second-order valence-electron chi connectivity index (χ2n) is 9.83. The van der Waals surface area contributed by atoms with Crippen molar-refractivity contribution >= 4 is 28.7 Å². The zero-order chi connectivity index (χ0) is 26.1. The van der Waals surface area contributed by atoms with E-state index in [4.69, 9.17) is 26.1 Å². The summed E-state index contributed by atoms with van der Waals surface area (Å²) in [5.74, 6) is 1.25. The summed E-state index contributed by atoms with van der Waals surface area (Å²) in [5.41, 5.74) is 2.70. The van der Waals surface area contributed by atoms with Gasteiger partial charge in [-0.2, -0.15) is 4.98 Å². The lowest BCUT2D eigenvalue weighted by Gasteiger charge is -2.27. The van der Waals surface area contributed by atoms with Crippen LogP contribution in [0.5, 0.6) is 11.8 Å². The molecule has 10 nitrogen and oxygen atoms in total. The number of amides is 1. The molecule has 6 rings (SSSR count). The number of pyridine rings is 1. The van der Waals surface area contributed by atoms with E-state index in [1.54, 1.807) is 17.2 Å². The lowest BCUT2D eigenvalue weighted by Crippen LogP contribution is -2.47. The summed E-state index contributed by atoms with van der Waals surface area (Å²) < 4.78 is 13.9. The van der Waals surface area contributed by atoms with Crippen LogP contribution in [0.1, 0.15) is 25.3 Å². The van der Waals surface area contributed by atoms with E-state index >= 15 is 0 Å². The van der Waals surface area contributed by atoms with Crippen molar-refractivity contribution in [1.29, 1.82) is 0 Å². The molecule has 196 valence electrons. The normalized spacial score (nSPS) is 16.4. The van der Waals surface area contributed by atoms with Crippen LogP contribution >= 0.6 is 11.6 Å². The van der Waals surface area contributed by atoms with Gasteiger partial charge in [-0.3, -0.25) is 4.79 Å². The monoisotopic (exact) mass is 533 g/mol. The summed E-state index contributed by atoms with van der Waals surface area (Å²) in [6.07, 6.45) is 5.07. The van der Waals surface area contributed by atoms with Gasteiger partial charge in [0.15, 0.2) is 17.8 Å². The average Bonchev–Trinajstić information content (AvgIpc) is 3.56. The van der Waals surface area contributed by atoms with Crippen LogP contribution in [0.4, 0.5) is 0 Å². The number of piperazine rings is 1. The molecule has 4 aromatic rings. The van der Waals surface area contributed by atoms with E-state index in [0.717, 1.165) is 31.5 Å². The molecule has 11 heteroatoms. The first-order valence-corrected chi connectivity index (χ1v) is 13.1. The number of hydrogen-bond donors (Lipinski definition) is 1. The number of carbonyl (C=O) groups excluding carboxylic acids is 1. The number of halogens is 1. The topological polar surface area (TPSA) is 107 Å². The molecule has 1 aliphatic heterocycles. The number of fused-ring (bicyclic) bond motifs is 1. The maximum absolute atomic E-state index is 12.5. The Balaban J connectivity index is 1.32. The van der Waals surface area contributed by atoms with Crippen molar-refractivity contribution in [3.63, 3.8) is 0 Å². The van der Waals surface area contributed by atoms with Gasteiger partial charge < -0.3 is 24.3 Å². The van der Waals surface area contributed by atoms with Gasteiger partial charge in [-0.25, -0.2) is 15.0 Å². The lowest BCUT2D eigenvalue weighted by atomic mass is 10.2. The number of hydrogen-bond acceptors (Lipinski definition) is 8. The minimum absolute atomic E-state index is 0.0754. The van der Waals surface area contributed by atoms with Crippen LogP contribution in [0.3, 0.4) is 0 Å². The summed E-state index contributed by atoms with van der Waals surface area (Å²) in [6.45, 7) is 5.39. The van der Waals surface area contributed by atoms with Crippen molar-refractivity contribution in [3.05, 3.63) is 59.5 Å². The highest BCUT2D eigenvalue weighted by Gasteiger charge is 2.41. The number of rotatable bonds is 8. The number of carbonyl (C=O) groups is 1. The van der Waals surface area contributed by atoms with E-state index < -0.39 is 0 Å². The predicted molar refractivity (Wildman–Crippen MR) is 142 cm³/mol. The minimum Gasteiger partial charge on any atom is -0.470 e. The summed E-state index contributed by atoms with van der Waals surface area (Å²) in [4.78, 5) is 32.5. The predicted octanol–water partition coefficient (Wildman–Crippen LogP) is 3.33. The fourth-order valence-corrected chi connectivity index (χ4v) is 4.65. The molecule has 0 unspecified atom stereocenters. The Labute approximate surface area is 225 Å². The van der Waals surface area contributed by atoms with Crippen molar-refractivity contribution in [2.24, 2.45) is 0 Å². The van der Waals surface area contributed by atoms with Gasteiger partial charge in [-0.05, 0) is 25.3 Å². The van der Waals surface area contributed by atoms with Crippen LogP contribution in [0.15, 0.2) is 48.9 Å². The quantitative estimate of drug-likeness (QED) is 0.367. The molecular formula is C27H28ClN7O3. The lowest BCUT2D eigenvalue weighted by molar-refractivity contribution is -0.134. The van der Waals surface area contributed by atoms with Crippen molar-refractivity contribution in [1.82, 2.24) is 34.7 Å². The molecule has 0 bridgehead atoms. The first-order chi connectivity index (χ1) is 18.5. The number of aromatic nitrogens is 5. The van der Waals surface area contributed by atoms with Crippen LogP contribution in [0.25, 0.3) is 22.6 Å². The highest BCUT2D eigenvalue weighted by molar-refractivity contribution is 6.33. The summed E-state index contributed by atoms with van der Waals surface area (Å²) >= 11 is 6.74. The molecule has 1 aliphatic carbocycles. The van der Waals surface area contributed by atoms with Gasteiger partial charge in [0.25, 0.3) is 5.91 Å². The molecule has 0 radical (unpaired) electrons. The second kappa shape index (κ2) is 10.2. The third-order valence-corrected chi connectivity index (χ3v) is 7.17. The number of nitrogens with zero attached hydrogens (tertiary/aromatic N) is 6. The molecule has 1 saturated heterocycles. The van der Waals surface area contributed by atoms with Gasteiger partial charge in [-0.15, -0.1) is 0 Å². The Morgan fingerprint density at radius 1 is 1.13 bits per heavy atom. The zero-order valence-electron chi connectivity index (χ0n) is 21.1. The van der Waals surface area contributed by atoms with Crippen molar-refractivity contribution in [2.75, 3.05) is 32.8 Å². The van der Waals surface area contributed by atoms with E-state index in [-0.39, 0.29) is 24.0 Å². The van der Waals surface area contributed by atoms with Crippen LogP contribution in [-0.4, -0.2) is 73.7 Å².